The van der Waals surface area contributed by atoms with Gasteiger partial charge in [-0.3, -0.25) is 0 Å². The van der Waals surface area contributed by atoms with Crippen molar-refractivity contribution in [1.82, 2.24) is 25.4 Å². The van der Waals surface area contributed by atoms with E-state index in [0.29, 0.717) is 19.4 Å². The van der Waals surface area contributed by atoms with E-state index < -0.39 is 6.10 Å². The Labute approximate surface area is 142 Å². The van der Waals surface area contributed by atoms with Gasteiger partial charge in [-0.05, 0) is 19.4 Å². The number of amides is 2. The predicted molar refractivity (Wildman–Crippen MR) is 91.7 cm³/mol. The third-order valence-electron chi connectivity index (χ3n) is 3.65. The molecule has 7 nitrogen and oxygen atoms in total. The monoisotopic (exact) mass is 331 g/mol. The van der Waals surface area contributed by atoms with Crippen molar-refractivity contribution in [3.05, 3.63) is 48.0 Å². The Balaban J connectivity index is 1.65. The standard InChI is InChI=1S/C17H25N5O2/c1-13(2)22-12-20-21-16(22)8-9-18-17(24)19-11-15(23)10-14-6-4-3-5-7-14/h3-7,12-13,15,23H,8-11H2,1-2H3,(H2,18,19,24)/t15-/m0/s1. The molecule has 2 rings (SSSR count). The molecule has 1 aromatic heterocycles. The number of urea groups is 1. The van der Waals surface area contributed by atoms with Gasteiger partial charge >= 0.3 is 6.03 Å². The Morgan fingerprint density at radius 3 is 2.71 bits per heavy atom. The molecule has 0 radical (unpaired) electrons. The molecule has 1 heterocycles. The minimum absolute atomic E-state index is 0.211. The topological polar surface area (TPSA) is 92.1 Å². The van der Waals surface area contributed by atoms with Gasteiger partial charge in [-0.25, -0.2) is 4.79 Å². The van der Waals surface area contributed by atoms with Crippen LogP contribution in [0.5, 0.6) is 0 Å². The SMILES string of the molecule is CC(C)n1cnnc1CCNC(=O)NC[C@@H](O)Cc1ccccc1. The van der Waals surface area contributed by atoms with Crippen molar-refractivity contribution in [2.75, 3.05) is 13.1 Å². The van der Waals surface area contributed by atoms with Crippen molar-refractivity contribution < 1.29 is 9.90 Å². The molecule has 0 bridgehead atoms. The molecule has 0 saturated carbocycles. The van der Waals surface area contributed by atoms with E-state index in [9.17, 15) is 9.90 Å². The first-order chi connectivity index (χ1) is 11.6. The van der Waals surface area contributed by atoms with Crippen LogP contribution in [0.3, 0.4) is 0 Å². The fraction of sp³-hybridized carbons (Fsp3) is 0.471. The highest BCUT2D eigenvalue weighted by Crippen LogP contribution is 2.06. The van der Waals surface area contributed by atoms with Crippen molar-refractivity contribution in [2.45, 2.75) is 38.8 Å². The molecule has 24 heavy (non-hydrogen) atoms. The van der Waals surface area contributed by atoms with E-state index in [1.54, 1.807) is 6.33 Å². The maximum absolute atomic E-state index is 11.8. The number of aliphatic hydroxyl groups excluding tert-OH is 1. The summed E-state index contributed by atoms with van der Waals surface area (Å²) in [5.41, 5.74) is 1.04. The van der Waals surface area contributed by atoms with Gasteiger partial charge in [-0.1, -0.05) is 30.3 Å². The summed E-state index contributed by atoms with van der Waals surface area (Å²) < 4.78 is 1.98. The number of carbonyl (C=O) groups is 1. The van der Waals surface area contributed by atoms with Gasteiger partial charge in [-0.2, -0.15) is 0 Å². The van der Waals surface area contributed by atoms with Crippen molar-refractivity contribution in [3.63, 3.8) is 0 Å². The number of aliphatic hydroxyl groups is 1. The normalized spacial score (nSPS) is 12.2. The quantitative estimate of drug-likeness (QED) is 0.680. The maximum Gasteiger partial charge on any atom is 0.314 e. The Kier molecular flexibility index (Phi) is 6.74. The number of benzene rings is 1. The molecular weight excluding hydrogens is 306 g/mol. The molecule has 0 aliphatic rings. The summed E-state index contributed by atoms with van der Waals surface area (Å²) in [5.74, 6) is 0.842. The Bertz CT molecular complexity index is 627. The third-order valence-corrected chi connectivity index (χ3v) is 3.65. The van der Waals surface area contributed by atoms with Gasteiger partial charge in [0, 0.05) is 32.0 Å². The first kappa shape index (κ1) is 17.9. The number of rotatable bonds is 8. The summed E-state index contributed by atoms with van der Waals surface area (Å²) in [6.45, 7) is 4.79. The average Bonchev–Trinajstić information content (AvgIpc) is 3.03. The number of carbonyl (C=O) groups excluding carboxylic acids is 1. The zero-order valence-corrected chi connectivity index (χ0v) is 14.1. The third kappa shape index (κ3) is 5.66. The molecule has 1 aromatic carbocycles. The summed E-state index contributed by atoms with van der Waals surface area (Å²) >= 11 is 0. The van der Waals surface area contributed by atoms with Gasteiger partial charge in [0.15, 0.2) is 0 Å². The van der Waals surface area contributed by atoms with Crippen LogP contribution in [-0.2, 0) is 12.8 Å². The van der Waals surface area contributed by atoms with Crippen LogP contribution < -0.4 is 10.6 Å². The molecular formula is C17H25N5O2. The second-order valence-electron chi connectivity index (χ2n) is 5.98. The lowest BCUT2D eigenvalue weighted by Crippen LogP contribution is -2.41. The molecule has 2 amide bonds. The van der Waals surface area contributed by atoms with Gasteiger partial charge in [-0.15, -0.1) is 10.2 Å². The van der Waals surface area contributed by atoms with Gasteiger partial charge in [0.1, 0.15) is 12.2 Å². The van der Waals surface area contributed by atoms with Gasteiger partial charge in [0.05, 0.1) is 6.10 Å². The second-order valence-corrected chi connectivity index (χ2v) is 5.98. The highest BCUT2D eigenvalue weighted by atomic mass is 16.3. The molecule has 0 saturated heterocycles. The van der Waals surface area contributed by atoms with Crippen LogP contribution in [0, 0.1) is 0 Å². The highest BCUT2D eigenvalue weighted by molar-refractivity contribution is 5.73. The van der Waals surface area contributed by atoms with E-state index in [2.05, 4.69) is 34.7 Å². The lowest BCUT2D eigenvalue weighted by molar-refractivity contribution is 0.170. The Hall–Kier alpha value is -2.41. The van der Waals surface area contributed by atoms with E-state index in [1.807, 2.05) is 34.9 Å². The van der Waals surface area contributed by atoms with E-state index in [-0.39, 0.29) is 18.6 Å². The maximum atomic E-state index is 11.8. The molecule has 2 aromatic rings. The first-order valence-electron chi connectivity index (χ1n) is 8.18. The largest absolute Gasteiger partial charge is 0.391 e. The number of hydrogen-bond acceptors (Lipinski definition) is 4. The summed E-state index contributed by atoms with van der Waals surface area (Å²) in [4.78, 5) is 11.8. The molecule has 0 aliphatic heterocycles. The number of hydrogen-bond donors (Lipinski definition) is 3. The first-order valence-corrected chi connectivity index (χ1v) is 8.18. The summed E-state index contributed by atoms with van der Waals surface area (Å²) in [7, 11) is 0. The van der Waals surface area contributed by atoms with Gasteiger partial charge < -0.3 is 20.3 Å². The van der Waals surface area contributed by atoms with Crippen LogP contribution in [0.2, 0.25) is 0 Å². The van der Waals surface area contributed by atoms with Crippen molar-refractivity contribution in [2.24, 2.45) is 0 Å². The zero-order chi connectivity index (χ0) is 17.4. The Morgan fingerprint density at radius 2 is 2.00 bits per heavy atom. The molecule has 0 aliphatic carbocycles. The van der Waals surface area contributed by atoms with Crippen molar-refractivity contribution >= 4 is 6.03 Å². The van der Waals surface area contributed by atoms with Gasteiger partial charge in [0.2, 0.25) is 0 Å². The van der Waals surface area contributed by atoms with E-state index in [1.165, 1.54) is 0 Å². The van der Waals surface area contributed by atoms with E-state index >= 15 is 0 Å². The number of aromatic nitrogens is 3. The predicted octanol–water partition coefficient (Wildman–Crippen LogP) is 1.30. The molecule has 1 atom stereocenters. The zero-order valence-electron chi connectivity index (χ0n) is 14.1. The lowest BCUT2D eigenvalue weighted by atomic mass is 10.1. The van der Waals surface area contributed by atoms with Crippen LogP contribution in [0.1, 0.15) is 31.3 Å². The average molecular weight is 331 g/mol. The smallest absolute Gasteiger partial charge is 0.314 e. The minimum Gasteiger partial charge on any atom is -0.391 e. The van der Waals surface area contributed by atoms with Gasteiger partial charge in [0.25, 0.3) is 0 Å². The second kappa shape index (κ2) is 9.02. The van der Waals surface area contributed by atoms with Crippen LogP contribution >= 0.6 is 0 Å². The van der Waals surface area contributed by atoms with Crippen LogP contribution in [0.15, 0.2) is 36.7 Å². The van der Waals surface area contributed by atoms with Crippen molar-refractivity contribution in [3.8, 4) is 0 Å². The summed E-state index contributed by atoms with van der Waals surface area (Å²) in [6, 6.07) is 9.69. The van der Waals surface area contributed by atoms with Crippen LogP contribution in [-0.4, -0.2) is 45.1 Å². The number of nitrogens with one attached hydrogen (secondary N) is 2. The molecule has 0 fully saturated rings. The summed E-state index contributed by atoms with van der Waals surface area (Å²) in [6.07, 6.45) is 2.21. The van der Waals surface area contributed by atoms with Crippen LogP contribution in [0.4, 0.5) is 4.79 Å². The molecule has 7 heteroatoms. The molecule has 0 unspecified atom stereocenters. The molecule has 0 spiro atoms. The molecule has 3 N–H and O–H groups in total. The fourth-order valence-corrected chi connectivity index (χ4v) is 2.40. The minimum atomic E-state index is -0.609. The number of nitrogens with zero attached hydrogens (tertiary/aromatic N) is 3. The highest BCUT2D eigenvalue weighted by Gasteiger charge is 2.09. The lowest BCUT2D eigenvalue weighted by Gasteiger charge is -2.13. The fourth-order valence-electron chi connectivity index (χ4n) is 2.40. The Morgan fingerprint density at radius 1 is 1.25 bits per heavy atom. The van der Waals surface area contributed by atoms with E-state index in [0.717, 1.165) is 11.4 Å². The van der Waals surface area contributed by atoms with E-state index in [4.69, 9.17) is 0 Å². The summed E-state index contributed by atoms with van der Waals surface area (Å²) in [5, 5.41) is 23.4. The van der Waals surface area contributed by atoms with Crippen molar-refractivity contribution in [1.29, 1.82) is 0 Å². The van der Waals surface area contributed by atoms with Crippen LogP contribution in [0.25, 0.3) is 0 Å². The molecule has 130 valence electrons.